The molecule has 24 heavy (non-hydrogen) atoms. The first-order valence-corrected chi connectivity index (χ1v) is 7.37. The van der Waals surface area contributed by atoms with Gasteiger partial charge in [-0.1, -0.05) is 42.5 Å². The van der Waals surface area contributed by atoms with Crippen LogP contribution in [0, 0.1) is 11.3 Å². The van der Waals surface area contributed by atoms with Gasteiger partial charge in [-0.25, -0.2) is 4.79 Å². The Morgan fingerprint density at radius 1 is 1.08 bits per heavy atom. The quantitative estimate of drug-likeness (QED) is 0.632. The minimum Gasteiger partial charge on any atom is -0.478 e. The fourth-order valence-corrected chi connectivity index (χ4v) is 2.10. The van der Waals surface area contributed by atoms with E-state index in [4.69, 9.17) is 10.4 Å². The minimum atomic E-state index is -1.02. The lowest BCUT2D eigenvalue weighted by molar-refractivity contribution is -0.117. The monoisotopic (exact) mass is 320 g/mol. The SMILES string of the molecule is N#C/C(=C/c1ccc(C(=O)O)cc1)C(=O)NCCc1ccccc1. The van der Waals surface area contributed by atoms with Gasteiger partial charge in [-0.3, -0.25) is 4.79 Å². The van der Waals surface area contributed by atoms with E-state index in [1.807, 2.05) is 36.4 Å². The molecule has 0 atom stereocenters. The van der Waals surface area contributed by atoms with Crippen LogP contribution in [0.15, 0.2) is 60.2 Å². The van der Waals surface area contributed by atoms with Crippen LogP contribution < -0.4 is 5.32 Å². The average Bonchev–Trinajstić information content (AvgIpc) is 2.60. The van der Waals surface area contributed by atoms with Gasteiger partial charge in [-0.05, 0) is 35.8 Å². The number of carbonyl (C=O) groups excluding carboxylic acids is 1. The summed E-state index contributed by atoms with van der Waals surface area (Å²) in [5.74, 6) is -1.47. The Bertz CT molecular complexity index is 788. The summed E-state index contributed by atoms with van der Waals surface area (Å²) in [5, 5.41) is 20.7. The molecule has 2 aromatic rings. The van der Waals surface area contributed by atoms with E-state index in [1.54, 1.807) is 12.1 Å². The molecule has 2 N–H and O–H groups in total. The van der Waals surface area contributed by atoms with Crippen LogP contribution in [0.1, 0.15) is 21.5 Å². The van der Waals surface area contributed by atoms with Crippen LogP contribution in [-0.4, -0.2) is 23.5 Å². The summed E-state index contributed by atoms with van der Waals surface area (Å²) in [5.41, 5.74) is 1.82. The lowest BCUT2D eigenvalue weighted by atomic mass is 10.1. The van der Waals surface area contributed by atoms with E-state index in [0.29, 0.717) is 18.5 Å². The van der Waals surface area contributed by atoms with Crippen LogP contribution in [0.2, 0.25) is 0 Å². The van der Waals surface area contributed by atoms with Crippen molar-refractivity contribution in [2.45, 2.75) is 6.42 Å². The molecule has 0 aromatic heterocycles. The summed E-state index contributed by atoms with van der Waals surface area (Å²) in [4.78, 5) is 22.9. The molecule has 0 bridgehead atoms. The van der Waals surface area contributed by atoms with E-state index in [-0.39, 0.29) is 11.1 Å². The van der Waals surface area contributed by atoms with Gasteiger partial charge in [0.1, 0.15) is 11.6 Å². The summed E-state index contributed by atoms with van der Waals surface area (Å²) in [6.07, 6.45) is 2.11. The van der Waals surface area contributed by atoms with Crippen molar-refractivity contribution in [3.63, 3.8) is 0 Å². The Labute approximate surface area is 139 Å². The first-order valence-electron chi connectivity index (χ1n) is 7.37. The predicted octanol–water partition coefficient (Wildman–Crippen LogP) is 2.65. The fourth-order valence-electron chi connectivity index (χ4n) is 2.10. The fraction of sp³-hybridized carbons (Fsp3) is 0.105. The van der Waals surface area contributed by atoms with Crippen molar-refractivity contribution in [1.29, 1.82) is 5.26 Å². The lowest BCUT2D eigenvalue weighted by Crippen LogP contribution is -2.26. The number of hydrogen-bond donors (Lipinski definition) is 2. The topological polar surface area (TPSA) is 90.2 Å². The Morgan fingerprint density at radius 3 is 2.33 bits per heavy atom. The molecule has 0 aliphatic rings. The number of nitriles is 1. The van der Waals surface area contributed by atoms with Gasteiger partial charge in [0.05, 0.1) is 5.56 Å². The highest BCUT2D eigenvalue weighted by Gasteiger charge is 2.09. The summed E-state index contributed by atoms with van der Waals surface area (Å²) in [7, 11) is 0. The molecule has 2 rings (SSSR count). The van der Waals surface area contributed by atoms with Crippen LogP contribution in [0.3, 0.4) is 0 Å². The Kier molecular flexibility index (Phi) is 5.87. The third-order valence-electron chi connectivity index (χ3n) is 3.38. The molecule has 5 heteroatoms. The number of nitrogens with one attached hydrogen (secondary N) is 1. The van der Waals surface area contributed by atoms with Gasteiger partial charge in [0.15, 0.2) is 0 Å². The molecule has 1 amide bonds. The second kappa shape index (κ2) is 8.30. The van der Waals surface area contributed by atoms with Crippen LogP contribution >= 0.6 is 0 Å². The van der Waals surface area contributed by atoms with Gasteiger partial charge in [0.25, 0.3) is 5.91 Å². The van der Waals surface area contributed by atoms with E-state index < -0.39 is 11.9 Å². The van der Waals surface area contributed by atoms with E-state index in [2.05, 4.69) is 5.32 Å². The van der Waals surface area contributed by atoms with Crippen molar-refractivity contribution in [3.8, 4) is 6.07 Å². The molecule has 0 saturated heterocycles. The standard InChI is InChI=1S/C19H16N2O3/c20-13-17(12-15-6-8-16(9-7-15)19(23)24)18(22)21-11-10-14-4-2-1-3-5-14/h1-9,12H,10-11H2,(H,21,22)(H,23,24)/b17-12-. The van der Waals surface area contributed by atoms with Gasteiger partial charge in [0.2, 0.25) is 0 Å². The summed E-state index contributed by atoms with van der Waals surface area (Å²) >= 11 is 0. The van der Waals surface area contributed by atoms with Gasteiger partial charge in [0, 0.05) is 6.54 Å². The van der Waals surface area contributed by atoms with Crippen molar-refractivity contribution in [2.24, 2.45) is 0 Å². The normalized spacial score (nSPS) is 10.7. The number of rotatable bonds is 6. The third kappa shape index (κ3) is 4.82. The highest BCUT2D eigenvalue weighted by molar-refractivity contribution is 6.01. The zero-order chi connectivity index (χ0) is 17.4. The number of carboxylic acids is 1. The van der Waals surface area contributed by atoms with Gasteiger partial charge < -0.3 is 10.4 Å². The number of carbonyl (C=O) groups is 2. The van der Waals surface area contributed by atoms with Crippen molar-refractivity contribution in [2.75, 3.05) is 6.54 Å². The maximum Gasteiger partial charge on any atom is 0.335 e. The third-order valence-corrected chi connectivity index (χ3v) is 3.38. The maximum absolute atomic E-state index is 12.0. The molecule has 0 aliphatic heterocycles. The van der Waals surface area contributed by atoms with Gasteiger partial charge in [-0.2, -0.15) is 5.26 Å². The molecule has 0 spiro atoms. The first-order chi connectivity index (χ1) is 11.6. The molecular weight excluding hydrogens is 304 g/mol. The number of carboxylic acid groups (broad SMARTS) is 1. The molecule has 0 aliphatic carbocycles. The van der Waals surface area contributed by atoms with Crippen LogP contribution in [0.4, 0.5) is 0 Å². The highest BCUT2D eigenvalue weighted by atomic mass is 16.4. The molecular formula is C19H16N2O3. The molecule has 0 fully saturated rings. The van der Waals surface area contributed by atoms with Crippen molar-refractivity contribution < 1.29 is 14.7 Å². The summed E-state index contributed by atoms with van der Waals surface area (Å²) in [6.45, 7) is 0.430. The van der Waals surface area contributed by atoms with E-state index in [1.165, 1.54) is 18.2 Å². The molecule has 5 nitrogen and oxygen atoms in total. The Balaban J connectivity index is 1.97. The Hall–Kier alpha value is -3.39. The molecule has 0 heterocycles. The second-order valence-electron chi connectivity index (χ2n) is 5.09. The molecule has 120 valence electrons. The molecule has 0 saturated carbocycles. The van der Waals surface area contributed by atoms with Crippen molar-refractivity contribution >= 4 is 18.0 Å². The number of nitrogens with zero attached hydrogens (tertiary/aromatic N) is 1. The minimum absolute atomic E-state index is 0.0221. The number of hydrogen-bond acceptors (Lipinski definition) is 3. The number of amides is 1. The largest absolute Gasteiger partial charge is 0.478 e. The zero-order valence-electron chi connectivity index (χ0n) is 12.9. The van der Waals surface area contributed by atoms with E-state index >= 15 is 0 Å². The van der Waals surface area contributed by atoms with Crippen LogP contribution in [0.25, 0.3) is 6.08 Å². The smallest absolute Gasteiger partial charge is 0.335 e. The summed E-state index contributed by atoms with van der Waals surface area (Å²) in [6, 6.07) is 17.6. The molecule has 0 radical (unpaired) electrons. The Morgan fingerprint density at radius 2 is 1.75 bits per heavy atom. The lowest BCUT2D eigenvalue weighted by Gasteiger charge is -2.04. The van der Waals surface area contributed by atoms with Crippen LogP contribution in [-0.2, 0) is 11.2 Å². The second-order valence-corrected chi connectivity index (χ2v) is 5.09. The average molecular weight is 320 g/mol. The molecule has 2 aromatic carbocycles. The number of aromatic carboxylic acids is 1. The highest BCUT2D eigenvalue weighted by Crippen LogP contribution is 2.09. The summed E-state index contributed by atoms with van der Waals surface area (Å²) < 4.78 is 0. The van der Waals surface area contributed by atoms with Crippen molar-refractivity contribution in [3.05, 3.63) is 76.9 Å². The van der Waals surface area contributed by atoms with Crippen molar-refractivity contribution in [1.82, 2.24) is 5.32 Å². The maximum atomic E-state index is 12.0. The first kappa shape index (κ1) is 17.0. The predicted molar refractivity (Wildman–Crippen MR) is 90.1 cm³/mol. The van der Waals surface area contributed by atoms with Gasteiger partial charge >= 0.3 is 5.97 Å². The number of benzene rings is 2. The van der Waals surface area contributed by atoms with E-state index in [0.717, 1.165) is 5.56 Å². The zero-order valence-corrected chi connectivity index (χ0v) is 12.9. The van der Waals surface area contributed by atoms with Gasteiger partial charge in [-0.15, -0.1) is 0 Å². The molecule has 0 unspecified atom stereocenters. The van der Waals surface area contributed by atoms with E-state index in [9.17, 15) is 9.59 Å². The van der Waals surface area contributed by atoms with Crippen LogP contribution in [0.5, 0.6) is 0 Å².